The van der Waals surface area contributed by atoms with Crippen molar-refractivity contribution < 1.29 is 67.6 Å². The van der Waals surface area contributed by atoms with Crippen LogP contribution < -0.4 is 5.32 Å². The minimum absolute atomic E-state index is 0.0395. The molecule has 4 rings (SSSR count). The number of carbonyl (C=O) groups excluding carboxylic acids is 3. The van der Waals surface area contributed by atoms with E-state index in [4.69, 9.17) is 37.9 Å². The van der Waals surface area contributed by atoms with Crippen molar-refractivity contribution in [1.29, 1.82) is 0 Å². The van der Waals surface area contributed by atoms with Gasteiger partial charge in [0.15, 0.2) is 24.3 Å². The number of ether oxygens (including phenoxy) is 8. The molecular formula is C38H66N2O14. The van der Waals surface area contributed by atoms with Crippen LogP contribution in [-0.2, 0) is 47.5 Å². The second-order valence-corrected chi connectivity index (χ2v) is 17.0. The van der Waals surface area contributed by atoms with Crippen LogP contribution in [0.5, 0.6) is 0 Å². The first-order valence-electron chi connectivity index (χ1n) is 19.3. The van der Waals surface area contributed by atoms with Crippen LogP contribution in [0, 0.1) is 17.8 Å². The Morgan fingerprint density at radius 1 is 0.926 bits per heavy atom. The van der Waals surface area contributed by atoms with Gasteiger partial charge in [-0.25, -0.2) is 4.79 Å². The molecule has 0 saturated carbocycles. The molecule has 16 heteroatoms. The van der Waals surface area contributed by atoms with Gasteiger partial charge in [-0.2, -0.15) is 0 Å². The highest BCUT2D eigenvalue weighted by atomic mass is 16.8. The number of amides is 1. The van der Waals surface area contributed by atoms with E-state index in [1.54, 1.807) is 62.3 Å². The summed E-state index contributed by atoms with van der Waals surface area (Å²) in [6.07, 6.45) is -9.80. The fraction of sp³-hybridized carbons (Fsp3) is 0.921. The topological polar surface area (TPSA) is 201 Å². The van der Waals surface area contributed by atoms with Crippen molar-refractivity contribution in [1.82, 2.24) is 10.2 Å². The molecule has 4 fully saturated rings. The molecule has 4 aliphatic rings. The van der Waals surface area contributed by atoms with Gasteiger partial charge in [-0.05, 0) is 88.7 Å². The second kappa shape index (κ2) is 17.1. The summed E-state index contributed by atoms with van der Waals surface area (Å²) in [5, 5.41) is 37.9. The maximum atomic E-state index is 14.4. The van der Waals surface area contributed by atoms with Crippen molar-refractivity contribution in [3.05, 3.63) is 0 Å². The predicted molar refractivity (Wildman–Crippen MR) is 193 cm³/mol. The van der Waals surface area contributed by atoms with E-state index < -0.39 is 114 Å². The normalized spacial score (nSPS) is 48.5. The van der Waals surface area contributed by atoms with Gasteiger partial charge in [0.05, 0.1) is 47.5 Å². The monoisotopic (exact) mass is 774 g/mol. The molecule has 312 valence electrons. The predicted octanol–water partition coefficient (Wildman–Crippen LogP) is 2.27. The Morgan fingerprint density at radius 2 is 1.57 bits per heavy atom. The molecule has 4 heterocycles. The number of carbonyl (C=O) groups is 3. The van der Waals surface area contributed by atoms with Crippen LogP contribution in [0.1, 0.15) is 94.9 Å². The van der Waals surface area contributed by atoms with Crippen molar-refractivity contribution in [3.8, 4) is 0 Å². The molecule has 0 aromatic carbocycles. The van der Waals surface area contributed by atoms with Crippen LogP contribution in [0.2, 0.25) is 0 Å². The van der Waals surface area contributed by atoms with Crippen molar-refractivity contribution in [2.45, 2.75) is 185 Å². The molecule has 16 nitrogen and oxygen atoms in total. The summed E-state index contributed by atoms with van der Waals surface area (Å²) < 4.78 is 48.7. The fourth-order valence-electron chi connectivity index (χ4n) is 8.89. The van der Waals surface area contributed by atoms with Gasteiger partial charge in [0.25, 0.3) is 0 Å². The minimum atomic E-state index is -1.74. The van der Waals surface area contributed by atoms with Gasteiger partial charge in [0.2, 0.25) is 5.91 Å². The molecule has 4 N–H and O–H groups in total. The van der Waals surface area contributed by atoms with Gasteiger partial charge in [-0.15, -0.1) is 0 Å². The van der Waals surface area contributed by atoms with Crippen LogP contribution in [0.15, 0.2) is 0 Å². The average molecular weight is 775 g/mol. The number of hydrogen-bond donors (Lipinski definition) is 4. The van der Waals surface area contributed by atoms with E-state index in [0.717, 1.165) is 0 Å². The van der Waals surface area contributed by atoms with Crippen LogP contribution in [-0.4, -0.2) is 150 Å². The quantitative estimate of drug-likeness (QED) is 0.275. The highest BCUT2D eigenvalue weighted by Crippen LogP contribution is 2.41. The number of cyclic esters (lactones) is 1. The van der Waals surface area contributed by atoms with Crippen LogP contribution in [0.4, 0.5) is 4.79 Å². The van der Waals surface area contributed by atoms with E-state index in [1.165, 1.54) is 7.11 Å². The summed E-state index contributed by atoms with van der Waals surface area (Å²) in [6, 6.07) is -0.961. The summed E-state index contributed by atoms with van der Waals surface area (Å²) in [6.45, 7) is 16.9. The zero-order valence-electron chi connectivity index (χ0n) is 34.3. The first-order valence-corrected chi connectivity index (χ1v) is 19.3. The zero-order chi connectivity index (χ0) is 40.7. The highest BCUT2D eigenvalue weighted by Gasteiger charge is 2.59. The smallest absolute Gasteiger partial charge is 0.458 e. The Hall–Kier alpha value is -2.15. The Balaban J connectivity index is 1.83. The van der Waals surface area contributed by atoms with E-state index in [-0.39, 0.29) is 31.4 Å². The number of nitrogens with one attached hydrogen (secondary N) is 1. The Labute approximate surface area is 319 Å². The Morgan fingerprint density at radius 3 is 2.17 bits per heavy atom. The summed E-state index contributed by atoms with van der Waals surface area (Å²) >= 11 is 0. The first-order chi connectivity index (χ1) is 25.0. The van der Waals surface area contributed by atoms with E-state index in [1.807, 2.05) is 25.9 Å². The van der Waals surface area contributed by atoms with E-state index >= 15 is 0 Å². The molecule has 0 spiro atoms. The number of likely N-dealkylation sites (N-methyl/N-ethyl adjacent to an activating group) is 1. The van der Waals surface area contributed by atoms with Gasteiger partial charge >= 0.3 is 12.1 Å². The molecular weight excluding hydrogens is 708 g/mol. The molecule has 4 aliphatic heterocycles. The molecule has 4 saturated heterocycles. The molecule has 0 aromatic heterocycles. The van der Waals surface area contributed by atoms with Crippen LogP contribution in [0.25, 0.3) is 0 Å². The van der Waals surface area contributed by atoms with Crippen molar-refractivity contribution in [2.24, 2.45) is 17.8 Å². The van der Waals surface area contributed by atoms with E-state index in [9.17, 15) is 29.7 Å². The zero-order valence-corrected chi connectivity index (χ0v) is 34.3. The Kier molecular flexibility index (Phi) is 14.1. The molecule has 0 bridgehead atoms. The highest BCUT2D eigenvalue weighted by molar-refractivity contribution is 5.80. The van der Waals surface area contributed by atoms with Gasteiger partial charge in [0.1, 0.15) is 18.3 Å². The number of methoxy groups -OCH3 is 1. The molecule has 0 aromatic rings. The lowest BCUT2D eigenvalue weighted by Crippen LogP contribution is -2.61. The first kappa shape index (κ1) is 44.6. The minimum Gasteiger partial charge on any atom is -0.458 e. The molecule has 0 aliphatic carbocycles. The number of aliphatic hydroxyl groups is 3. The third-order valence-electron chi connectivity index (χ3n) is 12.1. The second-order valence-electron chi connectivity index (χ2n) is 17.0. The average Bonchev–Trinajstić information content (AvgIpc) is 3.40. The molecule has 0 radical (unpaired) electrons. The van der Waals surface area contributed by atoms with Gasteiger partial charge < -0.3 is 63.4 Å². The number of nitrogens with zero attached hydrogens (tertiary/aromatic N) is 1. The molecule has 18 atom stereocenters. The van der Waals surface area contributed by atoms with Crippen molar-refractivity contribution in [2.75, 3.05) is 21.2 Å². The number of aliphatic hydroxyl groups excluding tert-OH is 2. The molecule has 0 unspecified atom stereocenters. The summed E-state index contributed by atoms with van der Waals surface area (Å²) in [4.78, 5) is 42.6. The number of esters is 1. The molecule has 1 amide bonds. The van der Waals surface area contributed by atoms with Crippen molar-refractivity contribution in [3.63, 3.8) is 0 Å². The lowest BCUT2D eigenvalue weighted by Gasteiger charge is -2.48. The standard InChI is InChI=1S/C38H66N2O14/c1-14-25-38(10)31(53-35(45)54-38)22(6)32(43)39-18(2)16-36(8,46)30(52-34-27(41)24(40(11)12)15-19(3)48-34)20(4)28(21(5)33(44)50-25)51-26-17-37(9,47-13)29(42)23(7)49-26/h18-31,34,41-42,46H,14-17H2,1-13H3,(H,39,43)/t18-,19-,20+,21-,22+,23+,24+,25-,26+,27-,28+,29+,30-,31-,34+,36-,37-,38-/m1/s1. The summed E-state index contributed by atoms with van der Waals surface area (Å²) in [5.74, 6) is -4.01. The lowest BCUT2D eigenvalue weighted by molar-refractivity contribution is -0.317. The van der Waals surface area contributed by atoms with Gasteiger partial charge in [-0.3, -0.25) is 9.59 Å². The number of fused-ring (bicyclic) bond motifs is 1. The van der Waals surface area contributed by atoms with E-state index in [0.29, 0.717) is 6.42 Å². The van der Waals surface area contributed by atoms with Gasteiger partial charge in [-0.1, -0.05) is 13.8 Å². The SMILES string of the molecule is CC[C@H]1OC(=O)[C@H](C)[C@@H](O[C@H]2C[C@@](C)(OC)[C@@H](O)[C@H](C)O2)[C@H](C)[C@@H](O[C@@H]2O[C@H](C)C[C@H](N(C)C)[C@H]2O)[C@](C)(O)C[C@@H](C)NC(=O)[C@@H](C)[C@H]2OC(=O)O[C@@]21C. The van der Waals surface area contributed by atoms with Crippen LogP contribution in [0.3, 0.4) is 0 Å². The third kappa shape index (κ3) is 9.18. The Bertz CT molecular complexity index is 1320. The summed E-state index contributed by atoms with van der Waals surface area (Å²) in [7, 11) is 5.20. The number of hydrogen-bond acceptors (Lipinski definition) is 15. The van der Waals surface area contributed by atoms with Gasteiger partial charge in [0, 0.05) is 31.5 Å². The lowest BCUT2D eigenvalue weighted by atomic mass is 9.78. The number of rotatable bonds is 7. The fourth-order valence-corrected chi connectivity index (χ4v) is 8.89. The molecule has 54 heavy (non-hydrogen) atoms. The third-order valence-corrected chi connectivity index (χ3v) is 12.1. The van der Waals surface area contributed by atoms with Crippen molar-refractivity contribution >= 4 is 18.0 Å². The maximum absolute atomic E-state index is 14.4. The van der Waals surface area contributed by atoms with Crippen LogP contribution >= 0.6 is 0 Å². The largest absolute Gasteiger partial charge is 0.509 e. The van der Waals surface area contributed by atoms with E-state index in [2.05, 4.69) is 5.32 Å². The maximum Gasteiger partial charge on any atom is 0.509 e. The summed E-state index contributed by atoms with van der Waals surface area (Å²) in [5.41, 5.74) is -4.31.